The zero-order valence-electron chi connectivity index (χ0n) is 22.4. The first-order chi connectivity index (χ1) is 17.1. The highest BCUT2D eigenvalue weighted by Gasteiger charge is 2.14. The third kappa shape index (κ3) is 15.5. The van der Waals surface area contributed by atoms with Gasteiger partial charge in [-0.25, -0.2) is 0 Å². The molecule has 0 saturated heterocycles. The van der Waals surface area contributed by atoms with Crippen LogP contribution in [-0.2, 0) is 16.0 Å². The van der Waals surface area contributed by atoms with Gasteiger partial charge in [0.15, 0.2) is 0 Å². The highest BCUT2D eigenvalue weighted by molar-refractivity contribution is 5.97. The normalized spacial score (nSPS) is 10.8. The smallest absolute Gasteiger partial charge is 0.305 e. The zero-order valence-corrected chi connectivity index (χ0v) is 22.4. The van der Waals surface area contributed by atoms with E-state index in [0.29, 0.717) is 37.4 Å². The molecule has 0 aliphatic rings. The first kappa shape index (κ1) is 31.0. The number of amides is 1. The summed E-state index contributed by atoms with van der Waals surface area (Å²) >= 11 is 0. The van der Waals surface area contributed by atoms with Crippen molar-refractivity contribution in [3.63, 3.8) is 0 Å². The van der Waals surface area contributed by atoms with Crippen LogP contribution in [0.2, 0.25) is 0 Å². The lowest BCUT2D eigenvalue weighted by atomic mass is 10.0. The second-order valence-corrected chi connectivity index (χ2v) is 9.40. The third-order valence-corrected chi connectivity index (χ3v) is 6.31. The average Bonchev–Trinajstić information content (AvgIpc) is 2.88. The summed E-state index contributed by atoms with van der Waals surface area (Å²) in [5, 5.41) is 3.02. The Hall–Kier alpha value is -2.08. The second kappa shape index (κ2) is 21.2. The van der Waals surface area contributed by atoms with E-state index in [4.69, 9.17) is 15.2 Å². The molecule has 0 unspecified atom stereocenters. The number of benzene rings is 1. The SMILES string of the molecule is CCCCCCCCCCCCOc1ccc(CCC(=O)OC)cc1C(=O)NCCCCCCN. The quantitative estimate of drug-likeness (QED) is 0.146. The van der Waals surface area contributed by atoms with E-state index in [-0.39, 0.29) is 18.3 Å². The van der Waals surface area contributed by atoms with Crippen molar-refractivity contribution in [3.8, 4) is 5.75 Å². The van der Waals surface area contributed by atoms with E-state index in [1.165, 1.54) is 58.5 Å². The fourth-order valence-electron chi connectivity index (χ4n) is 4.08. The first-order valence-electron chi connectivity index (χ1n) is 13.9. The number of nitrogens with one attached hydrogen (secondary N) is 1. The molecule has 0 spiro atoms. The number of rotatable bonds is 22. The van der Waals surface area contributed by atoms with Crippen LogP contribution in [0.25, 0.3) is 0 Å². The molecule has 1 amide bonds. The Morgan fingerprint density at radius 1 is 0.857 bits per heavy atom. The van der Waals surface area contributed by atoms with E-state index in [1.807, 2.05) is 18.2 Å². The number of methoxy groups -OCH3 is 1. The molecule has 3 N–H and O–H groups in total. The van der Waals surface area contributed by atoms with Crippen molar-refractivity contribution in [1.29, 1.82) is 0 Å². The second-order valence-electron chi connectivity index (χ2n) is 9.40. The summed E-state index contributed by atoms with van der Waals surface area (Å²) in [5.74, 6) is 0.236. The molecule has 0 aliphatic carbocycles. The van der Waals surface area contributed by atoms with Gasteiger partial charge >= 0.3 is 5.97 Å². The summed E-state index contributed by atoms with van der Waals surface area (Å²) in [7, 11) is 1.39. The molecule has 0 atom stereocenters. The Labute approximate surface area is 213 Å². The summed E-state index contributed by atoms with van der Waals surface area (Å²) in [6, 6.07) is 5.64. The van der Waals surface area contributed by atoms with E-state index in [2.05, 4.69) is 12.2 Å². The van der Waals surface area contributed by atoms with Crippen molar-refractivity contribution in [2.45, 2.75) is 110 Å². The molecule has 0 fully saturated rings. The van der Waals surface area contributed by atoms with Gasteiger partial charge in [-0.05, 0) is 49.9 Å². The molecule has 200 valence electrons. The van der Waals surface area contributed by atoms with Gasteiger partial charge in [0.05, 0.1) is 19.3 Å². The van der Waals surface area contributed by atoms with E-state index in [1.54, 1.807) is 0 Å². The van der Waals surface area contributed by atoms with Crippen LogP contribution in [-0.4, -0.2) is 38.7 Å². The first-order valence-corrected chi connectivity index (χ1v) is 13.9. The maximum Gasteiger partial charge on any atom is 0.305 e. The molecule has 0 aromatic heterocycles. The van der Waals surface area contributed by atoms with Gasteiger partial charge in [0.1, 0.15) is 5.75 Å². The van der Waals surface area contributed by atoms with Gasteiger partial charge in [-0.15, -0.1) is 0 Å². The fourth-order valence-corrected chi connectivity index (χ4v) is 4.08. The lowest BCUT2D eigenvalue weighted by Crippen LogP contribution is -2.25. The minimum Gasteiger partial charge on any atom is -0.493 e. The van der Waals surface area contributed by atoms with Gasteiger partial charge < -0.3 is 20.5 Å². The van der Waals surface area contributed by atoms with E-state index in [0.717, 1.165) is 44.1 Å². The van der Waals surface area contributed by atoms with Crippen LogP contribution in [0.5, 0.6) is 5.75 Å². The fraction of sp³-hybridized carbons (Fsp3) is 0.724. The Morgan fingerprint density at radius 3 is 2.14 bits per heavy atom. The van der Waals surface area contributed by atoms with Gasteiger partial charge in [-0.1, -0.05) is 83.6 Å². The number of hydrogen-bond donors (Lipinski definition) is 2. The van der Waals surface area contributed by atoms with Crippen molar-refractivity contribution >= 4 is 11.9 Å². The van der Waals surface area contributed by atoms with Crippen molar-refractivity contribution in [1.82, 2.24) is 5.32 Å². The number of ether oxygens (including phenoxy) is 2. The van der Waals surface area contributed by atoms with Crippen molar-refractivity contribution in [2.75, 3.05) is 26.8 Å². The Balaban J connectivity index is 2.49. The van der Waals surface area contributed by atoms with Crippen LogP contribution < -0.4 is 15.8 Å². The van der Waals surface area contributed by atoms with E-state index >= 15 is 0 Å². The Morgan fingerprint density at radius 2 is 1.49 bits per heavy atom. The summed E-state index contributed by atoms with van der Waals surface area (Å²) in [4.78, 5) is 24.4. The summed E-state index contributed by atoms with van der Waals surface area (Å²) in [6.07, 6.45) is 17.7. The lowest BCUT2D eigenvalue weighted by molar-refractivity contribution is -0.140. The van der Waals surface area contributed by atoms with Gasteiger partial charge in [-0.3, -0.25) is 9.59 Å². The van der Waals surface area contributed by atoms with Crippen molar-refractivity contribution in [3.05, 3.63) is 29.3 Å². The highest BCUT2D eigenvalue weighted by atomic mass is 16.5. The number of aryl methyl sites for hydroxylation is 1. The van der Waals surface area contributed by atoms with Crippen molar-refractivity contribution in [2.24, 2.45) is 5.73 Å². The topological polar surface area (TPSA) is 90.6 Å². The van der Waals surface area contributed by atoms with Crippen molar-refractivity contribution < 1.29 is 19.1 Å². The molecular weight excluding hydrogens is 440 g/mol. The molecule has 35 heavy (non-hydrogen) atoms. The molecule has 1 rings (SSSR count). The largest absolute Gasteiger partial charge is 0.493 e. The molecule has 0 saturated carbocycles. The number of esters is 1. The minimum atomic E-state index is -0.255. The number of nitrogens with two attached hydrogens (primary N) is 1. The van der Waals surface area contributed by atoms with E-state index in [9.17, 15) is 9.59 Å². The third-order valence-electron chi connectivity index (χ3n) is 6.31. The maximum atomic E-state index is 12.9. The molecule has 6 nitrogen and oxygen atoms in total. The standard InChI is InChI=1S/C29H50N2O4/c1-3-4-5-6-7-8-9-10-13-16-23-35-27-19-17-25(18-20-28(32)34-2)24-26(27)29(33)31-22-15-12-11-14-21-30/h17,19,24H,3-16,18,20-23,30H2,1-2H3,(H,31,33). The summed E-state index contributed by atoms with van der Waals surface area (Å²) < 4.78 is 10.8. The predicted octanol–water partition coefficient (Wildman–Crippen LogP) is 6.34. The van der Waals surface area contributed by atoms with Gasteiger partial charge in [0.25, 0.3) is 5.91 Å². The number of carbonyl (C=O) groups excluding carboxylic acids is 2. The van der Waals surface area contributed by atoms with Crippen LogP contribution in [0.4, 0.5) is 0 Å². The zero-order chi connectivity index (χ0) is 25.6. The van der Waals surface area contributed by atoms with Crippen LogP contribution >= 0.6 is 0 Å². The molecule has 0 heterocycles. The highest BCUT2D eigenvalue weighted by Crippen LogP contribution is 2.22. The van der Waals surface area contributed by atoms with Crippen LogP contribution in [0, 0.1) is 0 Å². The Bertz CT molecular complexity index is 693. The van der Waals surface area contributed by atoms with Gasteiger partial charge in [-0.2, -0.15) is 0 Å². The average molecular weight is 491 g/mol. The number of unbranched alkanes of at least 4 members (excludes halogenated alkanes) is 12. The molecule has 0 bridgehead atoms. The lowest BCUT2D eigenvalue weighted by Gasteiger charge is -2.14. The molecule has 0 aliphatic heterocycles. The summed E-state index contributed by atoms with van der Waals surface area (Å²) in [5.41, 5.74) is 7.01. The maximum absolute atomic E-state index is 12.9. The van der Waals surface area contributed by atoms with Crippen LogP contribution in [0.1, 0.15) is 119 Å². The van der Waals surface area contributed by atoms with Crippen LogP contribution in [0.3, 0.4) is 0 Å². The molecular formula is C29H50N2O4. The number of hydrogen-bond acceptors (Lipinski definition) is 5. The molecule has 6 heteroatoms. The Kier molecular flexibility index (Phi) is 18.8. The number of carbonyl (C=O) groups is 2. The molecule has 0 radical (unpaired) electrons. The minimum absolute atomic E-state index is 0.123. The monoisotopic (exact) mass is 490 g/mol. The van der Waals surface area contributed by atoms with E-state index < -0.39 is 0 Å². The van der Waals surface area contributed by atoms with Gasteiger partial charge in [0.2, 0.25) is 0 Å². The summed E-state index contributed by atoms with van der Waals surface area (Å²) in [6.45, 7) is 4.21. The molecule has 1 aromatic carbocycles. The van der Waals surface area contributed by atoms with Gasteiger partial charge in [0, 0.05) is 13.0 Å². The van der Waals surface area contributed by atoms with Crippen LogP contribution in [0.15, 0.2) is 18.2 Å². The predicted molar refractivity (Wildman–Crippen MR) is 144 cm³/mol. The molecule has 1 aromatic rings.